The molecule has 0 aliphatic rings. The van der Waals surface area contributed by atoms with Crippen LogP contribution in [-0.4, -0.2) is 34.8 Å². The minimum Gasteiger partial charge on any atom is -0.489 e. The number of nitrogens with zero attached hydrogens (tertiary/aromatic N) is 2. The molecule has 5 nitrogen and oxygen atoms in total. The fraction of sp³-hybridized carbons (Fsp3) is 0.263. The number of rotatable bonds is 6. The molecule has 1 aromatic carbocycles. The molecular weight excluding hydrogens is 336 g/mol. The summed E-state index contributed by atoms with van der Waals surface area (Å²) in [6.45, 7) is 4.47. The van der Waals surface area contributed by atoms with E-state index in [1.54, 1.807) is 0 Å². The van der Waals surface area contributed by atoms with Crippen LogP contribution < -0.4 is 4.74 Å². The second-order valence-electron chi connectivity index (χ2n) is 5.61. The summed E-state index contributed by atoms with van der Waals surface area (Å²) < 4.78 is 13.0. The van der Waals surface area contributed by atoms with Crippen LogP contribution in [0, 0.1) is 13.8 Å². The Labute approximate surface area is 151 Å². The van der Waals surface area contributed by atoms with Crippen molar-refractivity contribution in [1.82, 2.24) is 9.38 Å². The van der Waals surface area contributed by atoms with E-state index in [1.165, 1.54) is 11.8 Å². The Morgan fingerprint density at radius 2 is 1.88 bits per heavy atom. The highest BCUT2D eigenvalue weighted by Gasteiger charge is 2.18. The van der Waals surface area contributed by atoms with Gasteiger partial charge in [0.1, 0.15) is 19.0 Å². The Kier molecular flexibility index (Phi) is 5.28. The van der Waals surface area contributed by atoms with Crippen molar-refractivity contribution >= 4 is 23.2 Å². The summed E-state index contributed by atoms with van der Waals surface area (Å²) in [5, 5.41) is 0.759. The normalized spacial score (nSPS) is 10.8. The van der Waals surface area contributed by atoms with Crippen LogP contribution in [0.25, 0.3) is 5.52 Å². The summed E-state index contributed by atoms with van der Waals surface area (Å²) in [6, 6.07) is 11.6. The van der Waals surface area contributed by atoms with Gasteiger partial charge in [0.05, 0.1) is 5.52 Å². The van der Waals surface area contributed by atoms with E-state index >= 15 is 0 Å². The molecule has 0 radical (unpaired) electrons. The number of esters is 1. The highest BCUT2D eigenvalue weighted by Crippen LogP contribution is 2.22. The number of pyridine rings is 1. The molecule has 0 aliphatic carbocycles. The lowest BCUT2D eigenvalue weighted by atomic mass is 10.1. The molecule has 3 rings (SSSR count). The summed E-state index contributed by atoms with van der Waals surface area (Å²) in [5.41, 5.74) is 3.21. The van der Waals surface area contributed by atoms with E-state index < -0.39 is 5.97 Å². The van der Waals surface area contributed by atoms with Crippen molar-refractivity contribution in [3.05, 3.63) is 59.4 Å². The molecule has 3 aromatic rings. The predicted molar refractivity (Wildman–Crippen MR) is 98.7 cm³/mol. The van der Waals surface area contributed by atoms with Gasteiger partial charge >= 0.3 is 5.97 Å². The number of thioether (sulfide) groups is 1. The van der Waals surface area contributed by atoms with Gasteiger partial charge in [0.15, 0.2) is 10.9 Å². The van der Waals surface area contributed by atoms with Crippen molar-refractivity contribution in [2.75, 3.05) is 19.5 Å². The standard InChI is InChI=1S/C19H20N2O3S/c1-13-7-6-8-14(2)17(13)23-11-12-24-18(22)16-15-9-4-5-10-21(15)19(20-16)25-3/h4-10H,11-12H2,1-3H3. The molecule has 130 valence electrons. The Bertz CT molecular complexity index is 885. The highest BCUT2D eigenvalue weighted by molar-refractivity contribution is 7.98. The number of hydrogen-bond donors (Lipinski definition) is 0. The van der Waals surface area contributed by atoms with Crippen LogP contribution in [0.4, 0.5) is 0 Å². The maximum Gasteiger partial charge on any atom is 0.359 e. The summed E-state index contributed by atoms with van der Waals surface area (Å²) in [7, 11) is 0. The SMILES string of the molecule is CSc1nc(C(=O)OCCOc2c(C)cccc2C)c2ccccn12. The third-order valence-corrected chi connectivity index (χ3v) is 4.52. The number of carbonyl (C=O) groups excluding carboxylic acids is 1. The molecule has 0 unspecified atom stereocenters. The van der Waals surface area contributed by atoms with Gasteiger partial charge in [-0.05, 0) is 43.4 Å². The van der Waals surface area contributed by atoms with Crippen LogP contribution in [0.15, 0.2) is 47.8 Å². The van der Waals surface area contributed by atoms with Gasteiger partial charge in [-0.1, -0.05) is 36.0 Å². The van der Waals surface area contributed by atoms with Crippen molar-refractivity contribution in [2.24, 2.45) is 0 Å². The van der Waals surface area contributed by atoms with E-state index in [-0.39, 0.29) is 6.61 Å². The first-order chi connectivity index (χ1) is 12.1. The maximum absolute atomic E-state index is 12.4. The molecule has 0 fully saturated rings. The highest BCUT2D eigenvalue weighted by atomic mass is 32.2. The van der Waals surface area contributed by atoms with Crippen molar-refractivity contribution in [1.29, 1.82) is 0 Å². The molecule has 25 heavy (non-hydrogen) atoms. The zero-order chi connectivity index (χ0) is 17.8. The van der Waals surface area contributed by atoms with E-state index in [4.69, 9.17) is 9.47 Å². The molecule has 6 heteroatoms. The van der Waals surface area contributed by atoms with Gasteiger partial charge in [0.25, 0.3) is 0 Å². The second-order valence-corrected chi connectivity index (χ2v) is 6.38. The van der Waals surface area contributed by atoms with E-state index in [2.05, 4.69) is 4.98 Å². The van der Waals surface area contributed by atoms with Crippen LogP contribution in [0.1, 0.15) is 21.6 Å². The Morgan fingerprint density at radius 1 is 1.12 bits per heavy atom. The average Bonchev–Trinajstić information content (AvgIpc) is 2.99. The molecule has 0 atom stereocenters. The van der Waals surface area contributed by atoms with E-state index in [0.717, 1.165) is 27.5 Å². The van der Waals surface area contributed by atoms with Crippen molar-refractivity contribution in [3.63, 3.8) is 0 Å². The maximum atomic E-state index is 12.4. The molecule has 0 aliphatic heterocycles. The van der Waals surface area contributed by atoms with Gasteiger partial charge in [-0.25, -0.2) is 9.78 Å². The summed E-state index contributed by atoms with van der Waals surface area (Å²) in [4.78, 5) is 16.8. The first-order valence-corrected chi connectivity index (χ1v) is 9.21. The van der Waals surface area contributed by atoms with Crippen LogP contribution in [0.2, 0.25) is 0 Å². The van der Waals surface area contributed by atoms with Crippen LogP contribution in [-0.2, 0) is 4.74 Å². The largest absolute Gasteiger partial charge is 0.489 e. The molecule has 2 aromatic heterocycles. The molecule has 0 spiro atoms. The molecule has 0 amide bonds. The first-order valence-electron chi connectivity index (χ1n) is 7.99. The van der Waals surface area contributed by atoms with Gasteiger partial charge < -0.3 is 9.47 Å². The number of aromatic nitrogens is 2. The smallest absolute Gasteiger partial charge is 0.359 e. The van der Waals surface area contributed by atoms with Gasteiger partial charge in [0, 0.05) is 6.20 Å². The summed E-state index contributed by atoms with van der Waals surface area (Å²) in [6.07, 6.45) is 3.81. The average molecular weight is 356 g/mol. The first kappa shape index (κ1) is 17.4. The minimum atomic E-state index is -0.436. The molecule has 0 N–H and O–H groups in total. The third kappa shape index (κ3) is 3.64. The molecule has 0 saturated heterocycles. The number of carbonyl (C=O) groups is 1. The Hall–Kier alpha value is -2.47. The van der Waals surface area contributed by atoms with Crippen LogP contribution >= 0.6 is 11.8 Å². The summed E-state index contributed by atoms with van der Waals surface area (Å²) in [5.74, 6) is 0.407. The lowest BCUT2D eigenvalue weighted by Crippen LogP contribution is -2.13. The topological polar surface area (TPSA) is 52.8 Å². The van der Waals surface area contributed by atoms with E-state index in [0.29, 0.717) is 12.3 Å². The summed E-state index contributed by atoms with van der Waals surface area (Å²) >= 11 is 1.48. The lowest BCUT2D eigenvalue weighted by Gasteiger charge is -2.11. The fourth-order valence-electron chi connectivity index (χ4n) is 2.68. The zero-order valence-electron chi connectivity index (χ0n) is 14.5. The fourth-order valence-corrected chi connectivity index (χ4v) is 3.22. The Balaban J connectivity index is 1.64. The molecule has 0 bridgehead atoms. The number of hydrogen-bond acceptors (Lipinski definition) is 5. The number of fused-ring (bicyclic) bond motifs is 1. The predicted octanol–water partition coefficient (Wildman–Crippen LogP) is 3.91. The number of imidazole rings is 1. The molecular formula is C19H20N2O3S. The minimum absolute atomic E-state index is 0.174. The van der Waals surface area contributed by atoms with Gasteiger partial charge in [-0.15, -0.1) is 0 Å². The van der Waals surface area contributed by atoms with Crippen molar-refractivity contribution in [2.45, 2.75) is 19.0 Å². The van der Waals surface area contributed by atoms with E-state index in [1.807, 2.05) is 67.1 Å². The van der Waals surface area contributed by atoms with Gasteiger partial charge in [-0.2, -0.15) is 0 Å². The van der Waals surface area contributed by atoms with E-state index in [9.17, 15) is 4.79 Å². The number of para-hydroxylation sites is 1. The van der Waals surface area contributed by atoms with Crippen molar-refractivity contribution in [3.8, 4) is 5.75 Å². The number of aryl methyl sites for hydroxylation is 2. The molecule has 2 heterocycles. The Morgan fingerprint density at radius 3 is 2.60 bits per heavy atom. The van der Waals surface area contributed by atoms with Crippen LogP contribution in [0.3, 0.4) is 0 Å². The third-order valence-electron chi connectivity index (χ3n) is 3.86. The molecule has 0 saturated carbocycles. The number of ether oxygens (including phenoxy) is 2. The lowest BCUT2D eigenvalue weighted by molar-refractivity contribution is 0.0445. The van der Waals surface area contributed by atoms with Crippen molar-refractivity contribution < 1.29 is 14.3 Å². The monoisotopic (exact) mass is 356 g/mol. The zero-order valence-corrected chi connectivity index (χ0v) is 15.3. The second kappa shape index (κ2) is 7.61. The van der Waals surface area contributed by atoms with Crippen LogP contribution in [0.5, 0.6) is 5.75 Å². The number of benzene rings is 1. The van der Waals surface area contributed by atoms with Gasteiger partial charge in [-0.3, -0.25) is 4.40 Å². The quantitative estimate of drug-likeness (QED) is 0.381. The van der Waals surface area contributed by atoms with Gasteiger partial charge in [0.2, 0.25) is 0 Å².